The van der Waals surface area contributed by atoms with Crippen LogP contribution in [-0.4, -0.2) is 0 Å². The van der Waals surface area contributed by atoms with Crippen molar-refractivity contribution in [2.24, 2.45) is 10.5 Å². The molecule has 0 atom stereocenters. The largest absolute Gasteiger partial charge is 1.00 e. The molecule has 0 spiro atoms. The molecule has 0 amide bonds. The fourth-order valence-corrected chi connectivity index (χ4v) is 0.0428. The Bertz CT molecular complexity index is 44.0. The normalized spacial score (nSPS) is 5.14. The SMILES string of the molecule is [K+].[N-]=NNNN=O. The van der Waals surface area contributed by atoms with Gasteiger partial charge < -0.3 is 11.1 Å². The second-order valence-electron chi connectivity index (χ2n) is 0.415. The molecule has 0 bridgehead atoms. The first kappa shape index (κ1) is 10.4. The van der Waals surface area contributed by atoms with Crippen molar-refractivity contribution < 1.29 is 51.4 Å². The van der Waals surface area contributed by atoms with Crippen molar-refractivity contribution in [3.63, 3.8) is 0 Å². The average molecular weight is 127 g/mol. The molecule has 0 saturated carbocycles. The predicted octanol–water partition coefficient (Wildman–Crippen LogP) is -3.30. The number of nitrogens with zero attached hydrogens (tertiary/aromatic N) is 3. The second kappa shape index (κ2) is 9.67. The fraction of sp³-hybridized carbons (Fsp3) is 0. The number of nitroso groups, excluding NO2 is 1. The van der Waals surface area contributed by atoms with Crippen molar-refractivity contribution in [2.75, 3.05) is 0 Å². The summed E-state index contributed by atoms with van der Waals surface area (Å²) in [6.07, 6.45) is 0. The molecule has 0 rings (SSSR count). The third-order valence-corrected chi connectivity index (χ3v) is 0.146. The minimum Gasteiger partial charge on any atom is -0.361 e. The van der Waals surface area contributed by atoms with E-state index in [1.54, 1.807) is 11.1 Å². The number of hydrogen-bond donors (Lipinski definition) is 2. The van der Waals surface area contributed by atoms with Crippen molar-refractivity contribution in [2.45, 2.75) is 0 Å². The maximum atomic E-state index is 8.97. The molecular weight excluding hydrogens is 125 g/mol. The minimum absolute atomic E-state index is 0. The van der Waals surface area contributed by atoms with Crippen molar-refractivity contribution >= 4 is 0 Å². The molecule has 0 heterocycles. The molecule has 6 nitrogen and oxygen atoms in total. The van der Waals surface area contributed by atoms with Crippen LogP contribution in [0.15, 0.2) is 10.5 Å². The third kappa shape index (κ3) is 10.7. The zero-order valence-electron chi connectivity index (χ0n) is 3.75. The van der Waals surface area contributed by atoms with Gasteiger partial charge in [0.25, 0.3) is 0 Å². The van der Waals surface area contributed by atoms with E-state index in [1.165, 1.54) is 0 Å². The fourth-order valence-electron chi connectivity index (χ4n) is 0.0428. The predicted molar refractivity (Wildman–Crippen MR) is 17.9 cm³/mol. The van der Waals surface area contributed by atoms with E-state index in [9.17, 15) is 0 Å². The van der Waals surface area contributed by atoms with E-state index in [1.807, 2.05) is 0 Å². The van der Waals surface area contributed by atoms with Gasteiger partial charge >= 0.3 is 51.4 Å². The van der Waals surface area contributed by atoms with Gasteiger partial charge in [-0.15, -0.1) is 4.91 Å². The van der Waals surface area contributed by atoms with E-state index in [0.29, 0.717) is 0 Å². The third-order valence-electron chi connectivity index (χ3n) is 0.146. The molecule has 0 aliphatic heterocycles. The van der Waals surface area contributed by atoms with Crippen LogP contribution < -0.4 is 62.5 Å². The molecular formula is H2KN5O. The molecule has 0 radical (unpaired) electrons. The molecule has 2 N–H and O–H groups in total. The van der Waals surface area contributed by atoms with E-state index in [4.69, 9.17) is 10.4 Å². The first-order valence-electron chi connectivity index (χ1n) is 1.08. The van der Waals surface area contributed by atoms with Gasteiger partial charge in [-0.2, -0.15) is 0 Å². The summed E-state index contributed by atoms with van der Waals surface area (Å²) in [5, 5.41) is 4.33. The molecule has 0 unspecified atom stereocenters. The summed E-state index contributed by atoms with van der Waals surface area (Å²) in [6.45, 7) is 0. The molecule has 0 aromatic rings. The Morgan fingerprint density at radius 3 is 2.14 bits per heavy atom. The monoisotopic (exact) mass is 127 g/mol. The summed E-state index contributed by atoms with van der Waals surface area (Å²) in [7, 11) is 0. The van der Waals surface area contributed by atoms with E-state index >= 15 is 0 Å². The van der Waals surface area contributed by atoms with Gasteiger partial charge in [-0.05, 0) is 0 Å². The van der Waals surface area contributed by atoms with Crippen molar-refractivity contribution in [3.05, 3.63) is 10.4 Å². The molecule has 0 fully saturated rings. The average Bonchev–Trinajstić information content (AvgIpc) is 1.61. The molecule has 0 saturated heterocycles. The molecule has 34 valence electrons. The summed E-state index contributed by atoms with van der Waals surface area (Å²) >= 11 is 0. The quantitative estimate of drug-likeness (QED) is 0.137. The Morgan fingerprint density at radius 2 is 2.00 bits per heavy atom. The number of hydrogen-bond acceptors (Lipinski definition) is 3. The standard InChI is InChI=1S/K.H2N5O/c;1-2-3-4-5-6/h;(H2-,1,2,3,4,5,6)/q+1;-1. The smallest absolute Gasteiger partial charge is 0.361 e. The first-order chi connectivity index (χ1) is 2.91. The van der Waals surface area contributed by atoms with Gasteiger partial charge in [-0.3, -0.25) is 5.22 Å². The van der Waals surface area contributed by atoms with Gasteiger partial charge in [-0.25, -0.2) is 5.53 Å². The molecule has 0 aliphatic carbocycles. The number of nitrogens with one attached hydrogen (secondary N) is 2. The van der Waals surface area contributed by atoms with Crippen molar-refractivity contribution in [3.8, 4) is 0 Å². The Kier molecular flexibility index (Phi) is 14.4. The number of rotatable bonds is 3. The van der Waals surface area contributed by atoms with Crippen LogP contribution in [0.2, 0.25) is 0 Å². The van der Waals surface area contributed by atoms with Gasteiger partial charge in [0.1, 0.15) is 0 Å². The van der Waals surface area contributed by atoms with Gasteiger partial charge in [0, 0.05) is 0 Å². The molecule has 0 aliphatic rings. The maximum Gasteiger partial charge on any atom is 1.00 e. The van der Waals surface area contributed by atoms with Gasteiger partial charge in [-0.1, -0.05) is 0 Å². The van der Waals surface area contributed by atoms with E-state index < -0.39 is 0 Å². The van der Waals surface area contributed by atoms with E-state index in [-0.39, 0.29) is 51.4 Å². The van der Waals surface area contributed by atoms with Crippen LogP contribution in [0.25, 0.3) is 5.53 Å². The van der Waals surface area contributed by atoms with Crippen LogP contribution in [0, 0.1) is 4.91 Å². The second-order valence-corrected chi connectivity index (χ2v) is 0.415. The van der Waals surface area contributed by atoms with Gasteiger partial charge in [0.05, 0.1) is 5.29 Å². The van der Waals surface area contributed by atoms with E-state index in [0.717, 1.165) is 0 Å². The van der Waals surface area contributed by atoms with Gasteiger partial charge in [0.15, 0.2) is 0 Å². The molecule has 7 heavy (non-hydrogen) atoms. The van der Waals surface area contributed by atoms with E-state index in [2.05, 4.69) is 10.5 Å². The Morgan fingerprint density at radius 1 is 1.43 bits per heavy atom. The first-order valence-corrected chi connectivity index (χ1v) is 1.08. The van der Waals surface area contributed by atoms with Crippen LogP contribution in [0.5, 0.6) is 0 Å². The van der Waals surface area contributed by atoms with Crippen LogP contribution in [0.1, 0.15) is 0 Å². The zero-order chi connectivity index (χ0) is 4.83. The Labute approximate surface area is 82.2 Å². The summed E-state index contributed by atoms with van der Waals surface area (Å²) in [5.41, 5.74) is 10.7. The summed E-state index contributed by atoms with van der Waals surface area (Å²) in [6, 6.07) is 0. The molecule has 7 heteroatoms. The summed E-state index contributed by atoms with van der Waals surface area (Å²) < 4.78 is 0. The van der Waals surface area contributed by atoms with Crippen molar-refractivity contribution in [1.82, 2.24) is 11.1 Å². The van der Waals surface area contributed by atoms with Crippen LogP contribution in [0.3, 0.4) is 0 Å². The Hall–Kier alpha value is 0.436. The minimum atomic E-state index is 0. The number of hydrazine groups is 1. The topological polar surface area (TPSA) is 88.2 Å². The summed E-state index contributed by atoms with van der Waals surface area (Å²) in [4.78, 5) is 8.97. The van der Waals surface area contributed by atoms with Crippen LogP contribution in [-0.2, 0) is 0 Å². The Balaban J connectivity index is 0. The summed E-state index contributed by atoms with van der Waals surface area (Å²) in [5.74, 6) is 0. The molecule has 0 aromatic heterocycles. The van der Waals surface area contributed by atoms with Crippen LogP contribution >= 0.6 is 0 Å². The molecule has 0 aromatic carbocycles. The maximum absolute atomic E-state index is 8.97. The van der Waals surface area contributed by atoms with Crippen LogP contribution in [0.4, 0.5) is 0 Å². The van der Waals surface area contributed by atoms with Crippen molar-refractivity contribution in [1.29, 1.82) is 0 Å². The van der Waals surface area contributed by atoms with Gasteiger partial charge in [0.2, 0.25) is 0 Å². The zero-order valence-corrected chi connectivity index (χ0v) is 6.87.